The van der Waals surface area contributed by atoms with Gasteiger partial charge >= 0.3 is 6.03 Å². The van der Waals surface area contributed by atoms with Gasteiger partial charge in [-0.1, -0.05) is 0 Å². The van der Waals surface area contributed by atoms with Gasteiger partial charge in [-0.15, -0.1) is 0 Å². The molecular weight excluding hydrogens is 278 g/mol. The molecule has 2 amide bonds. The van der Waals surface area contributed by atoms with Gasteiger partial charge in [0.2, 0.25) is 10.0 Å². The second-order valence-electron chi connectivity index (χ2n) is 5.36. The predicted octanol–water partition coefficient (Wildman–Crippen LogP) is 0.986. The summed E-state index contributed by atoms with van der Waals surface area (Å²) in [7, 11) is -3.69. The third kappa shape index (κ3) is 2.64. The largest absolute Gasteiger partial charge is 0.324 e. The molecule has 1 aromatic carbocycles. The third-order valence-electron chi connectivity index (χ3n) is 3.75. The van der Waals surface area contributed by atoms with E-state index in [2.05, 4.69) is 0 Å². The normalized spacial score (nSPS) is 19.8. The summed E-state index contributed by atoms with van der Waals surface area (Å²) in [5.74, 6) is 0.670. The van der Waals surface area contributed by atoms with E-state index in [4.69, 9.17) is 5.14 Å². The van der Waals surface area contributed by atoms with E-state index in [0.29, 0.717) is 18.2 Å². The highest BCUT2D eigenvalue weighted by atomic mass is 32.2. The fourth-order valence-corrected chi connectivity index (χ4v) is 2.93. The minimum atomic E-state index is -3.69. The van der Waals surface area contributed by atoms with Crippen molar-refractivity contribution in [2.24, 2.45) is 11.1 Å². The highest BCUT2D eigenvalue weighted by Gasteiger charge is 2.33. The standard InChI is InChI=1S/C13H17N3O3S/c14-20(18,19)12-5-3-11(4-6-12)16-8-7-15(13(16)17)9-10-1-2-10/h3-6,10H,1-2,7-9H2,(H2,14,18,19). The van der Waals surface area contributed by atoms with E-state index in [9.17, 15) is 13.2 Å². The fourth-order valence-electron chi connectivity index (χ4n) is 2.42. The number of rotatable bonds is 4. The van der Waals surface area contributed by atoms with Gasteiger partial charge in [0.25, 0.3) is 0 Å². The Bertz CT molecular complexity index is 623. The van der Waals surface area contributed by atoms with Gasteiger partial charge < -0.3 is 4.90 Å². The van der Waals surface area contributed by atoms with Gasteiger partial charge in [0.1, 0.15) is 0 Å². The molecule has 7 heteroatoms. The van der Waals surface area contributed by atoms with Crippen LogP contribution in [0.25, 0.3) is 0 Å². The zero-order chi connectivity index (χ0) is 14.3. The molecule has 1 aliphatic carbocycles. The van der Waals surface area contributed by atoms with Gasteiger partial charge in [0.15, 0.2) is 0 Å². The van der Waals surface area contributed by atoms with Gasteiger partial charge in [-0.05, 0) is 43.0 Å². The zero-order valence-electron chi connectivity index (χ0n) is 11.0. The lowest BCUT2D eigenvalue weighted by Gasteiger charge is -2.18. The number of carbonyl (C=O) groups excluding carboxylic acids is 1. The van der Waals surface area contributed by atoms with Crippen molar-refractivity contribution in [1.82, 2.24) is 4.90 Å². The van der Waals surface area contributed by atoms with Crippen LogP contribution in [0.5, 0.6) is 0 Å². The molecule has 0 bridgehead atoms. The highest BCUT2D eigenvalue weighted by Crippen LogP contribution is 2.31. The maximum absolute atomic E-state index is 12.3. The summed E-state index contributed by atoms with van der Waals surface area (Å²) in [6, 6.07) is 6.11. The molecule has 1 aromatic rings. The van der Waals surface area contributed by atoms with E-state index in [-0.39, 0.29) is 10.9 Å². The fraction of sp³-hybridized carbons (Fsp3) is 0.462. The van der Waals surface area contributed by atoms with E-state index in [1.165, 1.54) is 25.0 Å². The van der Waals surface area contributed by atoms with Crippen molar-refractivity contribution in [3.05, 3.63) is 24.3 Å². The molecule has 1 aliphatic heterocycles. The third-order valence-corrected chi connectivity index (χ3v) is 4.68. The van der Waals surface area contributed by atoms with E-state index in [0.717, 1.165) is 13.1 Å². The molecule has 1 saturated heterocycles. The molecule has 2 fully saturated rings. The summed E-state index contributed by atoms with van der Waals surface area (Å²) in [4.78, 5) is 15.9. The molecule has 6 nitrogen and oxygen atoms in total. The predicted molar refractivity (Wildman–Crippen MR) is 74.9 cm³/mol. The smallest absolute Gasteiger partial charge is 0.322 e. The molecule has 108 valence electrons. The number of urea groups is 1. The monoisotopic (exact) mass is 295 g/mol. The number of hydrogen-bond donors (Lipinski definition) is 1. The van der Waals surface area contributed by atoms with Gasteiger partial charge in [0.05, 0.1) is 4.90 Å². The number of sulfonamides is 1. The molecule has 1 heterocycles. The van der Waals surface area contributed by atoms with E-state index in [1.807, 2.05) is 4.90 Å². The summed E-state index contributed by atoms with van der Waals surface area (Å²) < 4.78 is 22.4. The van der Waals surface area contributed by atoms with Gasteiger partial charge in [-0.3, -0.25) is 4.90 Å². The lowest BCUT2D eigenvalue weighted by atomic mass is 10.3. The van der Waals surface area contributed by atoms with Crippen molar-refractivity contribution in [3.8, 4) is 0 Å². The Morgan fingerprint density at radius 2 is 1.80 bits per heavy atom. The van der Waals surface area contributed by atoms with Crippen LogP contribution in [0.15, 0.2) is 29.2 Å². The van der Waals surface area contributed by atoms with Gasteiger partial charge in [0, 0.05) is 25.3 Å². The Kier molecular flexibility index (Phi) is 3.18. The van der Waals surface area contributed by atoms with Crippen LogP contribution in [0.4, 0.5) is 10.5 Å². The van der Waals surface area contributed by atoms with Crippen molar-refractivity contribution in [2.45, 2.75) is 17.7 Å². The zero-order valence-corrected chi connectivity index (χ0v) is 11.8. The average molecular weight is 295 g/mol. The molecule has 0 unspecified atom stereocenters. The van der Waals surface area contributed by atoms with E-state index in [1.54, 1.807) is 17.0 Å². The van der Waals surface area contributed by atoms with Crippen LogP contribution in [0.3, 0.4) is 0 Å². The SMILES string of the molecule is NS(=O)(=O)c1ccc(N2CCN(CC3CC3)C2=O)cc1. The minimum Gasteiger partial charge on any atom is -0.322 e. The number of anilines is 1. The summed E-state index contributed by atoms with van der Waals surface area (Å²) in [5, 5.41) is 5.05. The van der Waals surface area contributed by atoms with Crippen LogP contribution < -0.4 is 10.0 Å². The number of amides is 2. The first kappa shape index (κ1) is 13.4. The summed E-state index contributed by atoms with van der Waals surface area (Å²) in [6.45, 7) is 2.21. The summed E-state index contributed by atoms with van der Waals surface area (Å²) in [5.41, 5.74) is 0.709. The van der Waals surface area contributed by atoms with Gasteiger partial charge in [-0.25, -0.2) is 18.4 Å². The quantitative estimate of drug-likeness (QED) is 0.899. The minimum absolute atomic E-state index is 0.000237. The Labute approximate surface area is 118 Å². The molecule has 0 radical (unpaired) electrons. The maximum atomic E-state index is 12.3. The number of primary sulfonamides is 1. The number of benzene rings is 1. The van der Waals surface area contributed by atoms with E-state index >= 15 is 0 Å². The molecule has 0 spiro atoms. The maximum Gasteiger partial charge on any atom is 0.324 e. The number of nitrogens with zero attached hydrogens (tertiary/aromatic N) is 2. The Morgan fingerprint density at radius 1 is 1.15 bits per heavy atom. The second-order valence-corrected chi connectivity index (χ2v) is 6.92. The molecule has 0 aromatic heterocycles. The van der Waals surface area contributed by atoms with E-state index < -0.39 is 10.0 Å². The van der Waals surface area contributed by atoms with Crippen molar-refractivity contribution in [2.75, 3.05) is 24.5 Å². The Hall–Kier alpha value is -1.60. The Balaban J connectivity index is 1.74. The van der Waals surface area contributed by atoms with Crippen LogP contribution in [0, 0.1) is 5.92 Å². The first-order chi connectivity index (χ1) is 9.45. The first-order valence-corrected chi connectivity index (χ1v) is 8.19. The molecule has 2 aliphatic rings. The second kappa shape index (κ2) is 4.75. The number of carbonyl (C=O) groups is 1. The molecule has 2 N–H and O–H groups in total. The van der Waals surface area contributed by atoms with Crippen LogP contribution >= 0.6 is 0 Å². The molecule has 0 atom stereocenters. The van der Waals surface area contributed by atoms with Crippen LogP contribution in [-0.4, -0.2) is 39.0 Å². The molecular formula is C13H17N3O3S. The van der Waals surface area contributed by atoms with Gasteiger partial charge in [-0.2, -0.15) is 0 Å². The summed E-state index contributed by atoms with van der Waals surface area (Å²) >= 11 is 0. The lowest BCUT2D eigenvalue weighted by molar-refractivity contribution is 0.218. The highest BCUT2D eigenvalue weighted by molar-refractivity contribution is 7.89. The van der Waals surface area contributed by atoms with Crippen LogP contribution in [0.2, 0.25) is 0 Å². The topological polar surface area (TPSA) is 83.7 Å². The number of hydrogen-bond acceptors (Lipinski definition) is 3. The van der Waals surface area contributed by atoms with Crippen molar-refractivity contribution in [3.63, 3.8) is 0 Å². The molecule has 1 saturated carbocycles. The average Bonchev–Trinajstić information content (AvgIpc) is 3.14. The molecule has 20 heavy (non-hydrogen) atoms. The van der Waals surface area contributed by atoms with Crippen LogP contribution in [0.1, 0.15) is 12.8 Å². The summed E-state index contributed by atoms with van der Waals surface area (Å²) in [6.07, 6.45) is 2.43. The molecule has 3 rings (SSSR count). The lowest BCUT2D eigenvalue weighted by Crippen LogP contribution is -2.33. The number of nitrogens with two attached hydrogens (primary N) is 1. The first-order valence-electron chi connectivity index (χ1n) is 6.64. The van der Waals surface area contributed by atoms with Crippen LogP contribution in [-0.2, 0) is 10.0 Å². The van der Waals surface area contributed by atoms with Crippen molar-refractivity contribution in [1.29, 1.82) is 0 Å². The van der Waals surface area contributed by atoms with Crippen molar-refractivity contribution >= 4 is 21.7 Å². The Morgan fingerprint density at radius 3 is 2.35 bits per heavy atom. The van der Waals surface area contributed by atoms with Crippen molar-refractivity contribution < 1.29 is 13.2 Å².